The Morgan fingerprint density at radius 3 is 2.39 bits per heavy atom. The number of nitrogens with zero attached hydrogens (tertiary/aromatic N) is 1. The summed E-state index contributed by atoms with van der Waals surface area (Å²) in [7, 11) is -3.18. The van der Waals surface area contributed by atoms with Gasteiger partial charge in [-0.3, -0.25) is 5.10 Å². The predicted octanol–water partition coefficient (Wildman–Crippen LogP) is 3.53. The molecule has 0 saturated carbocycles. The zero-order valence-corrected chi connectivity index (χ0v) is 13.7. The highest BCUT2D eigenvalue weighted by molar-refractivity contribution is 7.90. The van der Waals surface area contributed by atoms with Crippen LogP contribution in [-0.2, 0) is 9.84 Å². The highest BCUT2D eigenvalue weighted by Gasteiger charge is 2.09. The summed E-state index contributed by atoms with van der Waals surface area (Å²) in [6, 6.07) is 16.6. The van der Waals surface area contributed by atoms with Crippen LogP contribution in [-0.4, -0.2) is 24.9 Å². The molecule has 0 aliphatic rings. The Morgan fingerprint density at radius 1 is 1.04 bits per heavy atom. The number of sulfone groups is 1. The van der Waals surface area contributed by atoms with Gasteiger partial charge in [-0.1, -0.05) is 30.3 Å². The fourth-order valence-electron chi connectivity index (χ4n) is 2.27. The maximum absolute atomic E-state index is 11.5. The molecule has 0 saturated heterocycles. The Morgan fingerprint density at radius 2 is 1.74 bits per heavy atom. The maximum atomic E-state index is 11.5. The van der Waals surface area contributed by atoms with Crippen LogP contribution < -0.4 is 5.32 Å². The number of aromatic nitrogens is 2. The summed E-state index contributed by atoms with van der Waals surface area (Å²) in [6.45, 7) is 2.03. The third-order valence-electron chi connectivity index (χ3n) is 3.58. The van der Waals surface area contributed by atoms with Crippen molar-refractivity contribution in [3.8, 4) is 11.3 Å². The predicted molar refractivity (Wildman–Crippen MR) is 91.6 cm³/mol. The number of aryl methyl sites for hydroxylation is 1. The van der Waals surface area contributed by atoms with Gasteiger partial charge in [-0.05, 0) is 36.2 Å². The van der Waals surface area contributed by atoms with Gasteiger partial charge in [0.1, 0.15) is 0 Å². The van der Waals surface area contributed by atoms with E-state index in [1.807, 2.05) is 37.3 Å². The summed E-state index contributed by atoms with van der Waals surface area (Å²) in [6.07, 6.45) is 1.20. The van der Waals surface area contributed by atoms with Gasteiger partial charge in [0.05, 0.1) is 10.6 Å². The molecule has 0 spiro atoms. The van der Waals surface area contributed by atoms with E-state index in [9.17, 15) is 8.42 Å². The summed E-state index contributed by atoms with van der Waals surface area (Å²) in [5, 5.41) is 10.5. The molecule has 5 nitrogen and oxygen atoms in total. The fourth-order valence-corrected chi connectivity index (χ4v) is 2.90. The Labute approximate surface area is 135 Å². The van der Waals surface area contributed by atoms with Crippen LogP contribution in [0.15, 0.2) is 59.5 Å². The van der Waals surface area contributed by atoms with E-state index >= 15 is 0 Å². The quantitative estimate of drug-likeness (QED) is 0.768. The Bertz CT molecular complexity index is 928. The van der Waals surface area contributed by atoms with E-state index in [1.54, 1.807) is 24.3 Å². The molecule has 0 fully saturated rings. The van der Waals surface area contributed by atoms with E-state index < -0.39 is 9.84 Å². The van der Waals surface area contributed by atoms with E-state index in [2.05, 4.69) is 15.5 Å². The molecule has 2 N–H and O–H groups in total. The lowest BCUT2D eigenvalue weighted by Gasteiger charge is -2.05. The van der Waals surface area contributed by atoms with Gasteiger partial charge >= 0.3 is 0 Å². The average Bonchev–Trinajstić information content (AvgIpc) is 2.97. The van der Waals surface area contributed by atoms with Crippen molar-refractivity contribution in [2.24, 2.45) is 0 Å². The van der Waals surface area contributed by atoms with Crippen LogP contribution >= 0.6 is 0 Å². The van der Waals surface area contributed by atoms with Crippen LogP contribution in [0, 0.1) is 6.92 Å². The highest BCUT2D eigenvalue weighted by Crippen LogP contribution is 2.24. The minimum atomic E-state index is -3.18. The van der Waals surface area contributed by atoms with Gasteiger partial charge in [-0.25, -0.2) is 8.42 Å². The lowest BCUT2D eigenvalue weighted by Crippen LogP contribution is -1.96. The van der Waals surface area contributed by atoms with Crippen molar-refractivity contribution in [2.45, 2.75) is 11.8 Å². The molecule has 1 aromatic heterocycles. The highest BCUT2D eigenvalue weighted by atomic mass is 32.2. The molecule has 2 aromatic carbocycles. The molecule has 0 radical (unpaired) electrons. The van der Waals surface area contributed by atoms with Crippen molar-refractivity contribution in [1.29, 1.82) is 0 Å². The minimum absolute atomic E-state index is 0.305. The topological polar surface area (TPSA) is 74.8 Å². The van der Waals surface area contributed by atoms with Crippen molar-refractivity contribution in [3.63, 3.8) is 0 Å². The summed E-state index contributed by atoms with van der Waals surface area (Å²) in [4.78, 5) is 0.305. The molecule has 0 aliphatic carbocycles. The molecule has 118 valence electrons. The van der Waals surface area contributed by atoms with Crippen LogP contribution in [0.2, 0.25) is 0 Å². The molecule has 0 bridgehead atoms. The first kappa shape index (κ1) is 15.3. The van der Waals surface area contributed by atoms with Gasteiger partial charge in [0, 0.05) is 18.0 Å². The fraction of sp³-hybridized carbons (Fsp3) is 0.118. The van der Waals surface area contributed by atoms with Crippen LogP contribution in [0.1, 0.15) is 5.56 Å². The van der Waals surface area contributed by atoms with Crippen LogP contribution in [0.5, 0.6) is 0 Å². The molecular weight excluding hydrogens is 310 g/mol. The van der Waals surface area contributed by atoms with Gasteiger partial charge in [0.2, 0.25) is 0 Å². The van der Waals surface area contributed by atoms with Crippen molar-refractivity contribution in [2.75, 3.05) is 11.6 Å². The largest absolute Gasteiger partial charge is 0.339 e. The SMILES string of the molecule is Cc1ccccc1Nc1cc(-c2ccc(S(C)(=O)=O)cc2)[nH]n1. The molecule has 23 heavy (non-hydrogen) atoms. The van der Waals surface area contributed by atoms with Crippen molar-refractivity contribution < 1.29 is 8.42 Å². The van der Waals surface area contributed by atoms with Crippen LogP contribution in [0.25, 0.3) is 11.3 Å². The maximum Gasteiger partial charge on any atom is 0.175 e. The van der Waals surface area contributed by atoms with Crippen LogP contribution in [0.3, 0.4) is 0 Å². The molecule has 0 atom stereocenters. The Hall–Kier alpha value is -2.60. The normalized spacial score (nSPS) is 11.4. The third kappa shape index (κ3) is 3.43. The standard InChI is InChI=1S/C17H17N3O2S/c1-12-5-3-4-6-15(12)18-17-11-16(19-20-17)13-7-9-14(10-8-13)23(2,21)22/h3-11H,1-2H3,(H2,18,19,20). The van der Waals surface area contributed by atoms with Gasteiger partial charge in [0.25, 0.3) is 0 Å². The van der Waals surface area contributed by atoms with Crippen molar-refractivity contribution >= 4 is 21.3 Å². The molecular formula is C17H17N3O2S. The van der Waals surface area contributed by atoms with Crippen molar-refractivity contribution in [3.05, 3.63) is 60.2 Å². The lowest BCUT2D eigenvalue weighted by molar-refractivity contribution is 0.602. The molecule has 0 aliphatic heterocycles. The smallest absolute Gasteiger partial charge is 0.175 e. The number of benzene rings is 2. The summed E-state index contributed by atoms with van der Waals surface area (Å²) < 4.78 is 23.0. The van der Waals surface area contributed by atoms with E-state index in [0.29, 0.717) is 10.7 Å². The zero-order chi connectivity index (χ0) is 16.4. The van der Waals surface area contributed by atoms with Crippen molar-refractivity contribution in [1.82, 2.24) is 10.2 Å². The first-order valence-corrected chi connectivity index (χ1v) is 9.01. The minimum Gasteiger partial charge on any atom is -0.339 e. The molecule has 0 amide bonds. The number of hydrogen-bond donors (Lipinski definition) is 2. The van der Waals surface area contributed by atoms with Gasteiger partial charge in [-0.2, -0.15) is 5.10 Å². The summed E-state index contributed by atoms with van der Waals surface area (Å²) in [5.74, 6) is 0.710. The average molecular weight is 327 g/mol. The number of aromatic amines is 1. The van der Waals surface area contributed by atoms with Gasteiger partial charge < -0.3 is 5.32 Å². The first-order valence-electron chi connectivity index (χ1n) is 7.12. The lowest BCUT2D eigenvalue weighted by atomic mass is 10.1. The summed E-state index contributed by atoms with van der Waals surface area (Å²) in [5.41, 5.74) is 3.83. The van der Waals surface area contributed by atoms with Gasteiger partial charge in [0.15, 0.2) is 15.7 Å². The monoisotopic (exact) mass is 327 g/mol. The number of H-pyrrole nitrogens is 1. The van der Waals surface area contributed by atoms with E-state index in [4.69, 9.17) is 0 Å². The molecule has 1 heterocycles. The summed E-state index contributed by atoms with van der Waals surface area (Å²) >= 11 is 0. The molecule has 0 unspecified atom stereocenters. The number of rotatable bonds is 4. The van der Waals surface area contributed by atoms with Crippen LogP contribution in [0.4, 0.5) is 11.5 Å². The molecule has 3 aromatic rings. The zero-order valence-electron chi connectivity index (χ0n) is 12.9. The molecule has 3 rings (SSSR count). The van der Waals surface area contributed by atoms with Gasteiger partial charge in [-0.15, -0.1) is 0 Å². The van der Waals surface area contributed by atoms with E-state index in [-0.39, 0.29) is 0 Å². The number of hydrogen-bond acceptors (Lipinski definition) is 4. The first-order chi connectivity index (χ1) is 10.9. The van der Waals surface area contributed by atoms with E-state index in [1.165, 1.54) is 6.26 Å². The molecule has 6 heteroatoms. The Balaban J connectivity index is 1.83. The number of anilines is 2. The number of para-hydroxylation sites is 1. The van der Waals surface area contributed by atoms with E-state index in [0.717, 1.165) is 22.5 Å². The second kappa shape index (κ2) is 5.89. The number of nitrogens with one attached hydrogen (secondary N) is 2. The second-order valence-electron chi connectivity index (χ2n) is 5.40. The third-order valence-corrected chi connectivity index (χ3v) is 4.71. The second-order valence-corrected chi connectivity index (χ2v) is 7.42. The Kier molecular flexibility index (Phi) is 3.92.